The van der Waals surface area contributed by atoms with Crippen molar-refractivity contribution in [2.45, 2.75) is 32.4 Å². The molecule has 1 atom stereocenters. The zero-order valence-electron chi connectivity index (χ0n) is 17.3. The van der Waals surface area contributed by atoms with Crippen molar-refractivity contribution in [2.24, 2.45) is 0 Å². The molecule has 0 spiro atoms. The number of benzene rings is 2. The van der Waals surface area contributed by atoms with Gasteiger partial charge in [-0.2, -0.15) is 0 Å². The van der Waals surface area contributed by atoms with E-state index in [2.05, 4.69) is 4.90 Å². The van der Waals surface area contributed by atoms with E-state index in [1.807, 2.05) is 37.3 Å². The number of ketones is 1. The Balaban J connectivity index is 1.45. The van der Waals surface area contributed by atoms with E-state index in [1.165, 1.54) is 0 Å². The van der Waals surface area contributed by atoms with Crippen molar-refractivity contribution in [1.82, 2.24) is 4.90 Å². The van der Waals surface area contributed by atoms with Crippen LogP contribution in [0.1, 0.15) is 39.9 Å². The highest BCUT2D eigenvalue weighted by molar-refractivity contribution is 6.15. The number of nitrogens with zero attached hydrogens (tertiary/aromatic N) is 1. The highest BCUT2D eigenvalue weighted by atomic mass is 16.5. The van der Waals surface area contributed by atoms with Crippen molar-refractivity contribution in [3.8, 4) is 17.2 Å². The fourth-order valence-electron chi connectivity index (χ4n) is 4.35. The van der Waals surface area contributed by atoms with Gasteiger partial charge in [-0.15, -0.1) is 0 Å². The SMILES string of the molecule is COc1cccc(/C=C2\Oc3c4c(cc(C)c3C2=O)OCN(CC2CCCO2)C4)c1. The Kier molecular flexibility index (Phi) is 4.97. The van der Waals surface area contributed by atoms with Crippen LogP contribution in [-0.4, -0.2) is 43.8 Å². The molecule has 0 saturated carbocycles. The molecule has 3 heterocycles. The lowest BCUT2D eigenvalue weighted by Crippen LogP contribution is -2.37. The molecule has 2 aromatic rings. The third-order valence-electron chi connectivity index (χ3n) is 5.87. The predicted molar refractivity (Wildman–Crippen MR) is 112 cm³/mol. The number of hydrogen-bond acceptors (Lipinski definition) is 6. The largest absolute Gasteiger partial charge is 0.497 e. The first kappa shape index (κ1) is 19.2. The van der Waals surface area contributed by atoms with Crippen molar-refractivity contribution in [3.05, 3.63) is 58.3 Å². The zero-order chi connectivity index (χ0) is 20.7. The lowest BCUT2D eigenvalue weighted by atomic mass is 9.98. The number of rotatable bonds is 4. The second kappa shape index (κ2) is 7.78. The number of hydrogen-bond donors (Lipinski definition) is 0. The summed E-state index contributed by atoms with van der Waals surface area (Å²) in [7, 11) is 1.62. The van der Waals surface area contributed by atoms with Crippen LogP contribution in [-0.2, 0) is 11.3 Å². The van der Waals surface area contributed by atoms with Gasteiger partial charge in [0.05, 0.1) is 24.3 Å². The molecule has 6 heteroatoms. The van der Waals surface area contributed by atoms with Gasteiger partial charge in [0.25, 0.3) is 0 Å². The molecule has 0 aromatic heterocycles. The monoisotopic (exact) mass is 407 g/mol. The number of carbonyl (C=O) groups excluding carboxylic acids is 1. The normalized spacial score (nSPS) is 21.9. The van der Waals surface area contributed by atoms with E-state index in [0.29, 0.717) is 30.3 Å². The van der Waals surface area contributed by atoms with Gasteiger partial charge >= 0.3 is 0 Å². The van der Waals surface area contributed by atoms with E-state index in [1.54, 1.807) is 13.2 Å². The van der Waals surface area contributed by atoms with Gasteiger partial charge in [-0.1, -0.05) is 12.1 Å². The Hall–Kier alpha value is -2.83. The summed E-state index contributed by atoms with van der Waals surface area (Å²) in [5, 5.41) is 0. The summed E-state index contributed by atoms with van der Waals surface area (Å²) in [5.74, 6) is 2.39. The molecular formula is C24H25NO5. The fourth-order valence-corrected chi connectivity index (χ4v) is 4.35. The van der Waals surface area contributed by atoms with Crippen LogP contribution in [0.25, 0.3) is 6.08 Å². The first-order valence-corrected chi connectivity index (χ1v) is 10.3. The van der Waals surface area contributed by atoms with Gasteiger partial charge < -0.3 is 18.9 Å². The molecule has 0 bridgehead atoms. The van der Waals surface area contributed by atoms with Crippen LogP contribution in [0.3, 0.4) is 0 Å². The van der Waals surface area contributed by atoms with Gasteiger partial charge in [-0.25, -0.2) is 0 Å². The average Bonchev–Trinajstić information content (AvgIpc) is 3.37. The van der Waals surface area contributed by atoms with Crippen LogP contribution in [0, 0.1) is 6.92 Å². The molecule has 5 rings (SSSR count). The highest BCUT2D eigenvalue weighted by Gasteiger charge is 2.36. The van der Waals surface area contributed by atoms with Crippen LogP contribution in [0.2, 0.25) is 0 Å². The van der Waals surface area contributed by atoms with Gasteiger partial charge in [-0.05, 0) is 55.2 Å². The van der Waals surface area contributed by atoms with E-state index in [-0.39, 0.29) is 11.9 Å². The second-order valence-corrected chi connectivity index (χ2v) is 8.01. The Labute approximate surface area is 176 Å². The van der Waals surface area contributed by atoms with Crippen LogP contribution in [0.5, 0.6) is 17.2 Å². The van der Waals surface area contributed by atoms with Gasteiger partial charge in [0.1, 0.15) is 24.0 Å². The zero-order valence-corrected chi connectivity index (χ0v) is 17.3. The molecule has 3 aliphatic rings. The third kappa shape index (κ3) is 3.46. The van der Waals surface area contributed by atoms with Crippen LogP contribution < -0.4 is 14.2 Å². The molecule has 1 unspecified atom stereocenters. The molecule has 30 heavy (non-hydrogen) atoms. The number of ether oxygens (including phenoxy) is 4. The first-order valence-electron chi connectivity index (χ1n) is 10.3. The standard InChI is InChI=1S/C24H25NO5/c1-15-9-20-19(13-25(14-29-20)12-18-7-4-8-28-18)24-22(15)23(26)21(30-24)11-16-5-3-6-17(10-16)27-2/h3,5-6,9-11,18H,4,7-8,12-14H2,1-2H3/b21-11-. The second-order valence-electron chi connectivity index (χ2n) is 8.01. The average molecular weight is 407 g/mol. The quantitative estimate of drug-likeness (QED) is 0.716. The van der Waals surface area contributed by atoms with Crippen LogP contribution in [0.4, 0.5) is 0 Å². The highest BCUT2D eigenvalue weighted by Crippen LogP contribution is 2.44. The molecule has 1 saturated heterocycles. The minimum Gasteiger partial charge on any atom is -0.497 e. The van der Waals surface area contributed by atoms with E-state index >= 15 is 0 Å². The van der Waals surface area contributed by atoms with Crippen molar-refractivity contribution in [2.75, 3.05) is 27.0 Å². The number of fused-ring (bicyclic) bond motifs is 3. The smallest absolute Gasteiger partial charge is 0.232 e. The summed E-state index contributed by atoms with van der Waals surface area (Å²) in [6, 6.07) is 9.51. The Morgan fingerprint density at radius 1 is 1.30 bits per heavy atom. The van der Waals surface area contributed by atoms with Gasteiger partial charge in [0.15, 0.2) is 5.76 Å². The lowest BCUT2D eigenvalue weighted by Gasteiger charge is -2.31. The molecule has 3 aliphatic heterocycles. The maximum Gasteiger partial charge on any atom is 0.232 e. The number of methoxy groups -OCH3 is 1. The summed E-state index contributed by atoms with van der Waals surface area (Å²) >= 11 is 0. The van der Waals surface area contributed by atoms with E-state index < -0.39 is 0 Å². The number of Topliss-reactive ketones (excluding diaryl/α,β-unsaturated/α-hetero) is 1. The molecule has 2 aromatic carbocycles. The molecule has 1 fully saturated rings. The molecule has 0 amide bonds. The molecular weight excluding hydrogens is 382 g/mol. The van der Waals surface area contributed by atoms with Gasteiger partial charge in [-0.3, -0.25) is 9.69 Å². The van der Waals surface area contributed by atoms with E-state index in [0.717, 1.165) is 54.2 Å². The fraction of sp³-hybridized carbons (Fsp3) is 0.375. The number of allylic oxidation sites excluding steroid dienone is 1. The molecule has 0 radical (unpaired) electrons. The molecule has 0 aliphatic carbocycles. The summed E-state index contributed by atoms with van der Waals surface area (Å²) in [4.78, 5) is 15.3. The summed E-state index contributed by atoms with van der Waals surface area (Å²) in [6.07, 6.45) is 4.21. The summed E-state index contributed by atoms with van der Waals surface area (Å²) in [6.45, 7) is 4.78. The first-order chi connectivity index (χ1) is 14.6. The Morgan fingerprint density at radius 3 is 3.00 bits per heavy atom. The minimum absolute atomic E-state index is 0.0932. The van der Waals surface area contributed by atoms with Crippen LogP contribution in [0.15, 0.2) is 36.1 Å². The molecule has 156 valence electrons. The predicted octanol–water partition coefficient (Wildman–Crippen LogP) is 3.95. The van der Waals surface area contributed by atoms with E-state index in [4.69, 9.17) is 18.9 Å². The summed E-state index contributed by atoms with van der Waals surface area (Å²) < 4.78 is 23.2. The minimum atomic E-state index is -0.0932. The van der Waals surface area contributed by atoms with Crippen LogP contribution >= 0.6 is 0 Å². The molecule has 6 nitrogen and oxygen atoms in total. The lowest BCUT2D eigenvalue weighted by molar-refractivity contribution is 0.0273. The Morgan fingerprint density at radius 2 is 2.20 bits per heavy atom. The van der Waals surface area contributed by atoms with Crippen molar-refractivity contribution >= 4 is 11.9 Å². The van der Waals surface area contributed by atoms with Crippen molar-refractivity contribution in [3.63, 3.8) is 0 Å². The Bertz CT molecular complexity index is 1020. The number of carbonyl (C=O) groups is 1. The maximum absolute atomic E-state index is 13.1. The maximum atomic E-state index is 13.1. The topological polar surface area (TPSA) is 57.2 Å². The molecule has 0 N–H and O–H groups in total. The van der Waals surface area contributed by atoms with E-state index in [9.17, 15) is 4.79 Å². The summed E-state index contributed by atoms with van der Waals surface area (Å²) in [5.41, 5.74) is 3.29. The van der Waals surface area contributed by atoms with Crippen molar-refractivity contribution < 1.29 is 23.7 Å². The number of aryl methyl sites for hydroxylation is 1. The third-order valence-corrected chi connectivity index (χ3v) is 5.87. The van der Waals surface area contributed by atoms with Gasteiger partial charge in [0, 0.05) is 19.7 Å². The van der Waals surface area contributed by atoms with Crippen molar-refractivity contribution in [1.29, 1.82) is 0 Å². The van der Waals surface area contributed by atoms with Gasteiger partial charge in [0.2, 0.25) is 5.78 Å².